The number of hydrogen-bond donors (Lipinski definition) is 1. The predicted octanol–water partition coefficient (Wildman–Crippen LogP) is 3.36. The average Bonchev–Trinajstić information content (AvgIpc) is 3.58. The molecule has 1 fully saturated rings. The van der Waals surface area contributed by atoms with Crippen LogP contribution < -0.4 is 10.9 Å². The zero-order valence-electron chi connectivity index (χ0n) is 19.3. The SMILES string of the molecule is COC(=O)c1cc(C2CC2)c2c(C)c(C3=CCNC(C(=O)OC(C)(C)C)C3)ccn2c1=O. The number of aromatic nitrogens is 1. The second-order valence-corrected chi connectivity index (χ2v) is 9.59. The van der Waals surface area contributed by atoms with Crippen LogP contribution in [0.3, 0.4) is 0 Å². The number of pyridine rings is 2. The van der Waals surface area contributed by atoms with E-state index in [0.717, 1.165) is 40.6 Å². The summed E-state index contributed by atoms with van der Waals surface area (Å²) in [5.41, 5.74) is 4.01. The van der Waals surface area contributed by atoms with Crippen LogP contribution in [0.5, 0.6) is 0 Å². The molecule has 1 atom stereocenters. The second-order valence-electron chi connectivity index (χ2n) is 9.59. The highest BCUT2D eigenvalue weighted by Gasteiger charge is 2.31. The number of fused-ring (bicyclic) bond motifs is 1. The summed E-state index contributed by atoms with van der Waals surface area (Å²) in [6, 6.07) is 3.18. The Bertz CT molecular complexity index is 1180. The van der Waals surface area contributed by atoms with Gasteiger partial charge < -0.3 is 14.8 Å². The number of aryl methyl sites for hydroxylation is 1. The molecule has 1 unspecified atom stereocenters. The van der Waals surface area contributed by atoms with Crippen LogP contribution >= 0.6 is 0 Å². The maximum absolute atomic E-state index is 13.0. The minimum atomic E-state index is -0.616. The molecular formula is C25H30N2O5. The monoisotopic (exact) mass is 438 g/mol. The Labute approximate surface area is 187 Å². The van der Waals surface area contributed by atoms with E-state index in [2.05, 4.69) is 11.4 Å². The molecule has 2 aromatic heterocycles. The van der Waals surface area contributed by atoms with Gasteiger partial charge in [0.15, 0.2) is 0 Å². The standard InChI is InChI=1S/C25H30N2O5/c1-14-17(16-8-10-26-20(12-16)24(30)32-25(2,3)4)9-11-27-21(14)18(15-6-7-15)13-19(22(27)28)23(29)31-5/h8-9,11,13,15,20,26H,6-7,10,12H2,1-5H3. The summed E-state index contributed by atoms with van der Waals surface area (Å²) in [6.07, 6.45) is 6.38. The molecule has 170 valence electrons. The normalized spacial score (nSPS) is 18.9. The van der Waals surface area contributed by atoms with E-state index in [0.29, 0.717) is 18.9 Å². The average molecular weight is 439 g/mol. The van der Waals surface area contributed by atoms with E-state index < -0.39 is 17.6 Å². The highest BCUT2D eigenvalue weighted by Crippen LogP contribution is 2.43. The van der Waals surface area contributed by atoms with Crippen molar-refractivity contribution >= 4 is 23.0 Å². The maximum Gasteiger partial charge on any atom is 0.343 e. The Morgan fingerprint density at radius 1 is 1.22 bits per heavy atom. The Morgan fingerprint density at radius 2 is 1.94 bits per heavy atom. The van der Waals surface area contributed by atoms with Gasteiger partial charge in [-0.3, -0.25) is 14.0 Å². The Balaban J connectivity index is 1.76. The third-order valence-electron chi connectivity index (χ3n) is 6.01. The Morgan fingerprint density at radius 3 is 2.56 bits per heavy atom. The van der Waals surface area contributed by atoms with Gasteiger partial charge in [0.05, 0.1) is 12.6 Å². The molecule has 0 spiro atoms. The number of hydrogen-bond acceptors (Lipinski definition) is 6. The molecule has 1 aliphatic carbocycles. The van der Waals surface area contributed by atoms with E-state index in [-0.39, 0.29) is 17.1 Å². The van der Waals surface area contributed by atoms with E-state index in [1.54, 1.807) is 16.7 Å². The second kappa shape index (κ2) is 8.20. The van der Waals surface area contributed by atoms with E-state index in [1.807, 2.05) is 33.8 Å². The largest absolute Gasteiger partial charge is 0.465 e. The summed E-state index contributed by atoms with van der Waals surface area (Å²) >= 11 is 0. The van der Waals surface area contributed by atoms with Crippen LogP contribution in [0.15, 0.2) is 29.2 Å². The molecule has 32 heavy (non-hydrogen) atoms. The minimum absolute atomic E-state index is 0.0603. The number of methoxy groups -OCH3 is 1. The summed E-state index contributed by atoms with van der Waals surface area (Å²) in [5.74, 6) is -0.548. The van der Waals surface area contributed by atoms with Gasteiger partial charge in [-0.05, 0) is 87.3 Å². The lowest BCUT2D eigenvalue weighted by Crippen LogP contribution is -2.43. The topological polar surface area (TPSA) is 86.1 Å². The highest BCUT2D eigenvalue weighted by atomic mass is 16.6. The van der Waals surface area contributed by atoms with Crippen molar-refractivity contribution in [1.82, 2.24) is 9.72 Å². The molecule has 0 amide bonds. The zero-order chi connectivity index (χ0) is 23.2. The summed E-state index contributed by atoms with van der Waals surface area (Å²) in [5, 5.41) is 3.22. The van der Waals surface area contributed by atoms with Crippen molar-refractivity contribution in [2.75, 3.05) is 13.7 Å². The lowest BCUT2D eigenvalue weighted by Gasteiger charge is -2.28. The molecule has 2 aromatic rings. The number of ether oxygens (including phenoxy) is 2. The first-order chi connectivity index (χ1) is 15.1. The smallest absolute Gasteiger partial charge is 0.343 e. The van der Waals surface area contributed by atoms with Gasteiger partial charge in [-0.2, -0.15) is 0 Å². The number of carbonyl (C=O) groups excluding carboxylic acids is 2. The number of carbonyl (C=O) groups is 2. The molecular weight excluding hydrogens is 408 g/mol. The number of nitrogens with zero attached hydrogens (tertiary/aromatic N) is 1. The molecule has 0 radical (unpaired) electrons. The van der Waals surface area contributed by atoms with E-state index >= 15 is 0 Å². The van der Waals surface area contributed by atoms with Crippen molar-refractivity contribution in [3.8, 4) is 0 Å². The van der Waals surface area contributed by atoms with Crippen molar-refractivity contribution in [3.63, 3.8) is 0 Å². The lowest BCUT2D eigenvalue weighted by atomic mass is 9.91. The highest BCUT2D eigenvalue weighted by molar-refractivity contribution is 5.91. The molecule has 0 saturated heterocycles. The van der Waals surface area contributed by atoms with Gasteiger partial charge in [0.2, 0.25) is 0 Å². The van der Waals surface area contributed by atoms with Gasteiger partial charge in [0, 0.05) is 12.7 Å². The van der Waals surface area contributed by atoms with Gasteiger partial charge in [-0.1, -0.05) is 6.08 Å². The van der Waals surface area contributed by atoms with E-state index in [1.165, 1.54) is 7.11 Å². The fraction of sp³-hybridized carbons (Fsp3) is 0.480. The zero-order valence-corrected chi connectivity index (χ0v) is 19.3. The molecule has 3 heterocycles. The summed E-state index contributed by atoms with van der Waals surface area (Å²) in [6.45, 7) is 8.14. The van der Waals surface area contributed by atoms with Crippen LogP contribution in [-0.2, 0) is 14.3 Å². The van der Waals surface area contributed by atoms with Gasteiger partial charge in [-0.25, -0.2) is 4.79 Å². The van der Waals surface area contributed by atoms with E-state index in [9.17, 15) is 14.4 Å². The van der Waals surface area contributed by atoms with Crippen molar-refractivity contribution in [1.29, 1.82) is 0 Å². The predicted molar refractivity (Wildman–Crippen MR) is 122 cm³/mol. The summed E-state index contributed by atoms with van der Waals surface area (Å²) in [4.78, 5) is 37.8. The molecule has 4 rings (SSSR count). The Hall–Kier alpha value is -2.93. The first kappa shape index (κ1) is 22.3. The minimum Gasteiger partial charge on any atom is -0.465 e. The summed E-state index contributed by atoms with van der Waals surface area (Å²) < 4.78 is 12.0. The molecule has 0 aromatic carbocycles. The van der Waals surface area contributed by atoms with Crippen LogP contribution in [0, 0.1) is 6.92 Å². The number of esters is 2. The van der Waals surface area contributed by atoms with Gasteiger partial charge in [0.25, 0.3) is 5.56 Å². The van der Waals surface area contributed by atoms with Crippen LogP contribution in [0.1, 0.15) is 73.0 Å². The maximum atomic E-state index is 13.0. The van der Waals surface area contributed by atoms with Crippen molar-refractivity contribution in [2.45, 2.75) is 64.5 Å². The fourth-order valence-electron chi connectivity index (χ4n) is 4.37. The van der Waals surface area contributed by atoms with Gasteiger partial charge in [-0.15, -0.1) is 0 Å². The summed E-state index contributed by atoms with van der Waals surface area (Å²) in [7, 11) is 1.28. The molecule has 1 N–H and O–H groups in total. The Kier molecular flexibility index (Phi) is 5.71. The number of nitrogens with one attached hydrogen (secondary N) is 1. The molecule has 2 aliphatic rings. The van der Waals surface area contributed by atoms with E-state index in [4.69, 9.17) is 9.47 Å². The van der Waals surface area contributed by atoms with Crippen molar-refractivity contribution < 1.29 is 19.1 Å². The van der Waals surface area contributed by atoms with Crippen molar-refractivity contribution in [3.05, 3.63) is 57.0 Å². The quantitative estimate of drug-likeness (QED) is 0.737. The molecule has 7 heteroatoms. The van der Waals surface area contributed by atoms with Crippen LogP contribution in [-0.4, -0.2) is 41.6 Å². The molecule has 1 saturated carbocycles. The van der Waals surface area contributed by atoms with Gasteiger partial charge >= 0.3 is 11.9 Å². The third-order valence-corrected chi connectivity index (χ3v) is 6.01. The van der Waals surface area contributed by atoms with Gasteiger partial charge in [0.1, 0.15) is 17.2 Å². The van der Waals surface area contributed by atoms with Crippen molar-refractivity contribution in [2.24, 2.45) is 0 Å². The first-order valence-corrected chi connectivity index (χ1v) is 11.0. The fourth-order valence-corrected chi connectivity index (χ4v) is 4.37. The van der Waals surface area contributed by atoms with Crippen LogP contribution in [0.2, 0.25) is 0 Å². The lowest BCUT2D eigenvalue weighted by molar-refractivity contribution is -0.157. The van der Waals surface area contributed by atoms with Crippen LogP contribution in [0.4, 0.5) is 0 Å². The molecule has 7 nitrogen and oxygen atoms in total. The first-order valence-electron chi connectivity index (χ1n) is 11.0. The molecule has 0 bridgehead atoms. The number of rotatable bonds is 4. The third kappa shape index (κ3) is 4.21. The van der Waals surface area contributed by atoms with Crippen LogP contribution in [0.25, 0.3) is 11.1 Å². The molecule has 1 aliphatic heterocycles.